The Kier molecular flexibility index (Phi) is 7.48. The molecule has 2 atom stereocenters. The number of hydrogen-bond donors (Lipinski definition) is 2. The number of nitrogen functional groups attached to an aromatic ring is 1. The molecule has 0 spiro atoms. The molecule has 0 bridgehead atoms. The minimum Gasteiger partial charge on any atom is -0.460 e. The van der Waals surface area contributed by atoms with Crippen molar-refractivity contribution in [1.29, 1.82) is 0 Å². The SMILES string of the molecule is CCC[C@H](C)Oc1nc(N)c2c(n1)C(CCCCN1CCCCCC1)C(=O)N2. The lowest BCUT2D eigenvalue weighted by Crippen LogP contribution is -2.25. The van der Waals surface area contributed by atoms with Crippen LogP contribution in [0.4, 0.5) is 11.5 Å². The smallest absolute Gasteiger partial charge is 0.319 e. The number of likely N-dealkylation sites (tertiary alicyclic amines) is 1. The summed E-state index contributed by atoms with van der Waals surface area (Å²) in [6.07, 6.45) is 10.2. The van der Waals surface area contributed by atoms with Gasteiger partial charge in [0.25, 0.3) is 0 Å². The summed E-state index contributed by atoms with van der Waals surface area (Å²) in [4.78, 5) is 23.8. The molecule has 7 nitrogen and oxygen atoms in total. The van der Waals surface area contributed by atoms with E-state index >= 15 is 0 Å². The number of hydrogen-bond acceptors (Lipinski definition) is 6. The van der Waals surface area contributed by atoms with Crippen molar-refractivity contribution in [3.8, 4) is 6.01 Å². The van der Waals surface area contributed by atoms with Gasteiger partial charge in [0.05, 0.1) is 17.7 Å². The Morgan fingerprint density at radius 2 is 1.96 bits per heavy atom. The van der Waals surface area contributed by atoms with Crippen molar-refractivity contribution in [1.82, 2.24) is 14.9 Å². The summed E-state index contributed by atoms with van der Waals surface area (Å²) in [6.45, 7) is 7.67. The third-order valence-electron chi connectivity index (χ3n) is 5.76. The summed E-state index contributed by atoms with van der Waals surface area (Å²) in [6, 6.07) is 0.281. The first-order chi connectivity index (χ1) is 13.6. The molecular weight excluding hydrogens is 354 g/mol. The average molecular weight is 390 g/mol. The van der Waals surface area contributed by atoms with E-state index in [1.807, 2.05) is 6.92 Å². The Balaban J connectivity index is 1.57. The van der Waals surface area contributed by atoms with E-state index in [9.17, 15) is 4.79 Å². The van der Waals surface area contributed by atoms with E-state index in [1.54, 1.807) is 0 Å². The number of aromatic nitrogens is 2. The molecule has 0 saturated carbocycles. The molecule has 1 fully saturated rings. The number of carbonyl (C=O) groups is 1. The molecule has 3 rings (SSSR count). The van der Waals surface area contributed by atoms with Gasteiger partial charge in [-0.1, -0.05) is 32.6 Å². The second-order valence-electron chi connectivity index (χ2n) is 8.16. The highest BCUT2D eigenvalue weighted by Crippen LogP contribution is 2.38. The highest BCUT2D eigenvalue weighted by Gasteiger charge is 2.34. The van der Waals surface area contributed by atoms with E-state index in [-0.39, 0.29) is 23.9 Å². The standard InChI is InChI=1S/C21H35N5O2/c1-3-10-15(2)28-21-24-17-16(20(27)23-18(17)19(22)25-21)11-6-9-14-26-12-7-4-5-8-13-26/h15-16H,3-14H2,1-2H3,(H,23,27)(H2,22,24,25)/t15-,16?/m0/s1. The molecule has 3 N–H and O–H groups in total. The summed E-state index contributed by atoms with van der Waals surface area (Å²) in [5.74, 6) is 0.0157. The van der Waals surface area contributed by atoms with Gasteiger partial charge in [-0.3, -0.25) is 4.79 Å². The van der Waals surface area contributed by atoms with Crippen LogP contribution in [-0.4, -0.2) is 46.5 Å². The summed E-state index contributed by atoms with van der Waals surface area (Å²) in [7, 11) is 0. The largest absolute Gasteiger partial charge is 0.460 e. The van der Waals surface area contributed by atoms with Gasteiger partial charge in [0.1, 0.15) is 5.69 Å². The molecule has 3 heterocycles. The molecule has 7 heteroatoms. The van der Waals surface area contributed by atoms with Crippen molar-refractivity contribution in [2.75, 3.05) is 30.7 Å². The first kappa shape index (κ1) is 20.8. The Morgan fingerprint density at radius 3 is 2.68 bits per heavy atom. The molecule has 0 radical (unpaired) electrons. The van der Waals surface area contributed by atoms with Gasteiger partial charge >= 0.3 is 6.01 Å². The van der Waals surface area contributed by atoms with Crippen molar-refractivity contribution in [2.24, 2.45) is 0 Å². The van der Waals surface area contributed by atoms with Crippen molar-refractivity contribution in [2.45, 2.75) is 83.7 Å². The number of carbonyl (C=O) groups excluding carboxylic acids is 1. The van der Waals surface area contributed by atoms with Crippen LogP contribution in [0.3, 0.4) is 0 Å². The number of ether oxygens (including phenoxy) is 1. The van der Waals surface area contributed by atoms with E-state index < -0.39 is 0 Å². The molecule has 1 aromatic heterocycles. The summed E-state index contributed by atoms with van der Waals surface area (Å²) in [5, 5.41) is 2.87. The third kappa shape index (κ3) is 5.34. The van der Waals surface area contributed by atoms with Gasteiger partial charge in [-0.25, -0.2) is 0 Å². The van der Waals surface area contributed by atoms with Gasteiger partial charge in [-0.15, -0.1) is 0 Å². The lowest BCUT2D eigenvalue weighted by Gasteiger charge is -2.19. The number of rotatable bonds is 9. The van der Waals surface area contributed by atoms with Crippen LogP contribution in [0.1, 0.15) is 83.2 Å². The van der Waals surface area contributed by atoms with Gasteiger partial charge in [-0.05, 0) is 58.7 Å². The van der Waals surface area contributed by atoms with Crippen molar-refractivity contribution >= 4 is 17.4 Å². The number of nitrogens with zero attached hydrogens (tertiary/aromatic N) is 3. The predicted molar refractivity (Wildman–Crippen MR) is 112 cm³/mol. The first-order valence-electron chi connectivity index (χ1n) is 11.0. The molecule has 2 aliphatic rings. The van der Waals surface area contributed by atoms with Crippen LogP contribution in [0, 0.1) is 0 Å². The molecule has 156 valence electrons. The van der Waals surface area contributed by atoms with Crippen molar-refractivity contribution in [3.63, 3.8) is 0 Å². The Morgan fingerprint density at radius 1 is 1.21 bits per heavy atom. The van der Waals surface area contributed by atoms with Crippen LogP contribution in [0.15, 0.2) is 0 Å². The molecule has 2 aliphatic heterocycles. The van der Waals surface area contributed by atoms with Crippen LogP contribution in [0.5, 0.6) is 6.01 Å². The molecular formula is C21H35N5O2. The van der Waals surface area contributed by atoms with E-state index in [0.717, 1.165) is 38.6 Å². The molecule has 1 unspecified atom stereocenters. The summed E-state index contributed by atoms with van der Waals surface area (Å²) >= 11 is 0. The number of anilines is 2. The normalized spacial score (nSPS) is 21.1. The van der Waals surface area contributed by atoms with E-state index in [1.165, 1.54) is 38.8 Å². The number of amides is 1. The van der Waals surface area contributed by atoms with Crippen LogP contribution in [0.25, 0.3) is 0 Å². The maximum Gasteiger partial charge on any atom is 0.319 e. The molecule has 1 aromatic rings. The lowest BCUT2D eigenvalue weighted by atomic mass is 9.99. The Bertz CT molecular complexity index is 658. The second-order valence-corrected chi connectivity index (χ2v) is 8.16. The lowest BCUT2D eigenvalue weighted by molar-refractivity contribution is -0.117. The zero-order chi connectivity index (χ0) is 19.9. The number of fused-ring (bicyclic) bond motifs is 1. The summed E-state index contributed by atoms with van der Waals surface area (Å²) in [5.41, 5.74) is 7.33. The van der Waals surface area contributed by atoms with Crippen molar-refractivity contribution in [3.05, 3.63) is 5.69 Å². The quantitative estimate of drug-likeness (QED) is 0.625. The third-order valence-corrected chi connectivity index (χ3v) is 5.76. The monoisotopic (exact) mass is 389 g/mol. The van der Waals surface area contributed by atoms with Gasteiger partial charge in [0.15, 0.2) is 5.82 Å². The van der Waals surface area contributed by atoms with Gasteiger partial charge in [-0.2, -0.15) is 9.97 Å². The summed E-state index contributed by atoms with van der Waals surface area (Å²) < 4.78 is 5.81. The van der Waals surface area contributed by atoms with Crippen LogP contribution in [-0.2, 0) is 4.79 Å². The van der Waals surface area contributed by atoms with E-state index in [2.05, 4.69) is 27.1 Å². The predicted octanol–water partition coefficient (Wildman–Crippen LogP) is 3.71. The zero-order valence-electron chi connectivity index (χ0n) is 17.4. The fourth-order valence-electron chi connectivity index (χ4n) is 4.20. The van der Waals surface area contributed by atoms with Crippen LogP contribution in [0.2, 0.25) is 0 Å². The van der Waals surface area contributed by atoms with Crippen LogP contribution >= 0.6 is 0 Å². The van der Waals surface area contributed by atoms with Gasteiger partial charge in [0, 0.05) is 0 Å². The topological polar surface area (TPSA) is 93.4 Å². The zero-order valence-corrected chi connectivity index (χ0v) is 17.4. The maximum absolute atomic E-state index is 12.5. The minimum atomic E-state index is -0.256. The van der Waals surface area contributed by atoms with Crippen molar-refractivity contribution < 1.29 is 9.53 Å². The second kappa shape index (κ2) is 10.0. The number of nitrogens with one attached hydrogen (secondary N) is 1. The molecule has 0 aromatic carbocycles. The molecule has 0 aliphatic carbocycles. The Hall–Kier alpha value is -1.89. The highest BCUT2D eigenvalue weighted by molar-refractivity contribution is 6.04. The van der Waals surface area contributed by atoms with E-state index in [0.29, 0.717) is 17.2 Å². The number of unbranched alkanes of at least 4 members (excludes halogenated alkanes) is 1. The average Bonchev–Trinajstić information content (AvgIpc) is 2.83. The Labute approximate surface area is 168 Å². The van der Waals surface area contributed by atoms with Gasteiger partial charge in [0.2, 0.25) is 5.91 Å². The first-order valence-corrected chi connectivity index (χ1v) is 11.0. The molecule has 28 heavy (non-hydrogen) atoms. The minimum absolute atomic E-state index is 0.0236. The van der Waals surface area contributed by atoms with Crippen LogP contribution < -0.4 is 15.8 Å². The highest BCUT2D eigenvalue weighted by atomic mass is 16.5. The van der Waals surface area contributed by atoms with E-state index in [4.69, 9.17) is 10.5 Å². The molecule has 1 saturated heterocycles. The fraction of sp³-hybridized carbons (Fsp3) is 0.762. The molecule has 1 amide bonds. The maximum atomic E-state index is 12.5. The van der Waals surface area contributed by atoms with Gasteiger partial charge < -0.3 is 20.7 Å². The fourth-order valence-corrected chi connectivity index (χ4v) is 4.20. The number of nitrogens with two attached hydrogens (primary N) is 1.